The molecule has 0 bridgehead atoms. The molecule has 0 spiro atoms. The summed E-state index contributed by atoms with van der Waals surface area (Å²) in [4.78, 5) is 10.8. The molecule has 17 heavy (non-hydrogen) atoms. The minimum atomic E-state index is -0.850. The van der Waals surface area contributed by atoms with Gasteiger partial charge in [-0.25, -0.2) is 4.68 Å². The van der Waals surface area contributed by atoms with Crippen LogP contribution in [0.15, 0.2) is 30.5 Å². The van der Waals surface area contributed by atoms with Crippen LogP contribution in [0.25, 0.3) is 5.69 Å². The third-order valence-electron chi connectivity index (χ3n) is 2.86. The summed E-state index contributed by atoms with van der Waals surface area (Å²) < 4.78 is 1.69. The van der Waals surface area contributed by atoms with Gasteiger partial charge in [-0.15, -0.1) is 0 Å². The smallest absolute Gasteiger partial charge is 0.309 e. The molecule has 0 saturated heterocycles. The average molecular weight is 230 g/mol. The van der Waals surface area contributed by atoms with Gasteiger partial charge in [0.15, 0.2) is 0 Å². The first kappa shape index (κ1) is 11.4. The Morgan fingerprint density at radius 3 is 2.82 bits per heavy atom. The Kier molecular flexibility index (Phi) is 2.95. The second-order valence-electron chi connectivity index (χ2n) is 4.02. The quantitative estimate of drug-likeness (QED) is 0.878. The minimum absolute atomic E-state index is 0.0205. The molecule has 2 rings (SSSR count). The van der Waals surface area contributed by atoms with Gasteiger partial charge in [0.05, 0.1) is 17.8 Å². The van der Waals surface area contributed by atoms with Crippen LogP contribution in [-0.4, -0.2) is 20.9 Å². The van der Waals surface area contributed by atoms with Gasteiger partial charge >= 0.3 is 5.97 Å². The first-order valence-corrected chi connectivity index (χ1v) is 5.41. The molecule has 0 unspecified atom stereocenters. The monoisotopic (exact) mass is 230 g/mol. The number of carboxylic acid groups (broad SMARTS) is 1. The van der Waals surface area contributed by atoms with E-state index in [0.717, 1.165) is 11.3 Å². The molecule has 0 aliphatic rings. The third-order valence-corrected chi connectivity index (χ3v) is 2.86. The molecule has 4 heteroatoms. The van der Waals surface area contributed by atoms with Gasteiger partial charge in [0, 0.05) is 6.20 Å². The van der Waals surface area contributed by atoms with Gasteiger partial charge in [-0.1, -0.05) is 12.1 Å². The molecule has 0 amide bonds. The normalized spacial score (nSPS) is 10.5. The van der Waals surface area contributed by atoms with Crippen LogP contribution in [0, 0.1) is 13.8 Å². The highest BCUT2D eigenvalue weighted by molar-refractivity contribution is 5.69. The summed E-state index contributed by atoms with van der Waals surface area (Å²) in [5.74, 6) is -0.850. The number of hydrogen-bond donors (Lipinski definition) is 1. The Bertz CT molecular complexity index is 558. The standard InChI is InChI=1S/C13H14N2O2/c1-9-4-3-5-12(10(9)2)15-11(6-7-14-15)8-13(16)17/h3-7H,8H2,1-2H3,(H,16,17). The lowest BCUT2D eigenvalue weighted by atomic mass is 10.1. The molecule has 1 N–H and O–H groups in total. The molecule has 4 nitrogen and oxygen atoms in total. The lowest BCUT2D eigenvalue weighted by Gasteiger charge is -2.11. The molecule has 0 atom stereocenters. The van der Waals surface area contributed by atoms with E-state index < -0.39 is 5.97 Å². The molecule has 1 aromatic heterocycles. The lowest BCUT2D eigenvalue weighted by Crippen LogP contribution is -2.09. The number of nitrogens with zero attached hydrogens (tertiary/aromatic N) is 2. The zero-order chi connectivity index (χ0) is 12.4. The number of aryl methyl sites for hydroxylation is 1. The summed E-state index contributed by atoms with van der Waals surface area (Å²) in [5, 5.41) is 13.0. The van der Waals surface area contributed by atoms with E-state index in [4.69, 9.17) is 5.11 Å². The van der Waals surface area contributed by atoms with Gasteiger partial charge in [-0.3, -0.25) is 4.79 Å². The van der Waals surface area contributed by atoms with Crippen LogP contribution < -0.4 is 0 Å². The van der Waals surface area contributed by atoms with Crippen molar-refractivity contribution >= 4 is 5.97 Å². The summed E-state index contributed by atoms with van der Waals surface area (Å²) in [5.41, 5.74) is 3.90. The SMILES string of the molecule is Cc1cccc(-n2nccc2CC(=O)O)c1C. The maximum absolute atomic E-state index is 10.8. The fourth-order valence-electron chi connectivity index (χ4n) is 1.80. The van der Waals surface area contributed by atoms with Crippen molar-refractivity contribution in [3.63, 3.8) is 0 Å². The Hall–Kier alpha value is -2.10. The number of benzene rings is 1. The minimum Gasteiger partial charge on any atom is -0.481 e. The van der Waals surface area contributed by atoms with Crippen molar-refractivity contribution in [3.05, 3.63) is 47.3 Å². The number of carbonyl (C=O) groups is 1. The van der Waals surface area contributed by atoms with E-state index in [1.54, 1.807) is 16.9 Å². The van der Waals surface area contributed by atoms with Crippen molar-refractivity contribution in [1.82, 2.24) is 9.78 Å². The first-order valence-electron chi connectivity index (χ1n) is 5.41. The first-order chi connectivity index (χ1) is 8.09. The van der Waals surface area contributed by atoms with E-state index in [1.807, 2.05) is 32.0 Å². The number of carboxylic acids is 1. The highest BCUT2D eigenvalue weighted by Gasteiger charge is 2.10. The highest BCUT2D eigenvalue weighted by Crippen LogP contribution is 2.18. The van der Waals surface area contributed by atoms with Gasteiger partial charge in [0.2, 0.25) is 0 Å². The van der Waals surface area contributed by atoms with Crippen LogP contribution >= 0.6 is 0 Å². The zero-order valence-corrected chi connectivity index (χ0v) is 9.84. The maximum atomic E-state index is 10.8. The van der Waals surface area contributed by atoms with Crippen LogP contribution in [0.5, 0.6) is 0 Å². The third kappa shape index (κ3) is 2.20. The summed E-state index contributed by atoms with van der Waals surface area (Å²) >= 11 is 0. The van der Waals surface area contributed by atoms with E-state index in [2.05, 4.69) is 5.10 Å². The summed E-state index contributed by atoms with van der Waals surface area (Å²) in [6, 6.07) is 7.65. The van der Waals surface area contributed by atoms with E-state index in [9.17, 15) is 4.79 Å². The van der Waals surface area contributed by atoms with E-state index in [0.29, 0.717) is 5.69 Å². The second-order valence-corrected chi connectivity index (χ2v) is 4.02. The molecule has 0 aliphatic heterocycles. The number of hydrogen-bond acceptors (Lipinski definition) is 2. The fraction of sp³-hybridized carbons (Fsp3) is 0.231. The predicted octanol–water partition coefficient (Wildman–Crippen LogP) is 2.12. The topological polar surface area (TPSA) is 55.1 Å². The Morgan fingerprint density at radius 2 is 2.12 bits per heavy atom. The summed E-state index contributed by atoms with van der Waals surface area (Å²) in [6.07, 6.45) is 1.60. The van der Waals surface area contributed by atoms with E-state index in [1.165, 1.54) is 5.56 Å². The Morgan fingerprint density at radius 1 is 1.35 bits per heavy atom. The van der Waals surface area contributed by atoms with Crippen LogP contribution in [-0.2, 0) is 11.2 Å². The van der Waals surface area contributed by atoms with Crippen LogP contribution in [0.3, 0.4) is 0 Å². The molecule has 1 aromatic carbocycles. The molecule has 2 aromatic rings. The van der Waals surface area contributed by atoms with Gasteiger partial charge in [0.25, 0.3) is 0 Å². The molecule has 1 heterocycles. The van der Waals surface area contributed by atoms with E-state index in [-0.39, 0.29) is 6.42 Å². The summed E-state index contributed by atoms with van der Waals surface area (Å²) in [6.45, 7) is 4.04. The molecule has 88 valence electrons. The average Bonchev–Trinajstić information content (AvgIpc) is 2.69. The van der Waals surface area contributed by atoms with Crippen molar-refractivity contribution in [2.24, 2.45) is 0 Å². The van der Waals surface area contributed by atoms with Gasteiger partial charge < -0.3 is 5.11 Å². The summed E-state index contributed by atoms with van der Waals surface area (Å²) in [7, 11) is 0. The number of rotatable bonds is 3. The predicted molar refractivity (Wildman–Crippen MR) is 64.4 cm³/mol. The zero-order valence-electron chi connectivity index (χ0n) is 9.84. The van der Waals surface area contributed by atoms with Crippen LogP contribution in [0.2, 0.25) is 0 Å². The van der Waals surface area contributed by atoms with Crippen molar-refractivity contribution in [1.29, 1.82) is 0 Å². The molecular formula is C13H14N2O2. The van der Waals surface area contributed by atoms with Gasteiger partial charge in [-0.2, -0.15) is 5.10 Å². The van der Waals surface area contributed by atoms with E-state index >= 15 is 0 Å². The van der Waals surface area contributed by atoms with Crippen LogP contribution in [0.4, 0.5) is 0 Å². The molecule has 0 saturated carbocycles. The van der Waals surface area contributed by atoms with Crippen molar-refractivity contribution in [3.8, 4) is 5.69 Å². The highest BCUT2D eigenvalue weighted by atomic mass is 16.4. The lowest BCUT2D eigenvalue weighted by molar-refractivity contribution is -0.136. The number of aromatic nitrogens is 2. The Labute approximate surface area is 99.5 Å². The second kappa shape index (κ2) is 4.41. The maximum Gasteiger partial charge on any atom is 0.309 e. The van der Waals surface area contributed by atoms with Crippen LogP contribution in [0.1, 0.15) is 16.8 Å². The van der Waals surface area contributed by atoms with Gasteiger partial charge in [-0.05, 0) is 37.1 Å². The fourth-order valence-corrected chi connectivity index (χ4v) is 1.80. The van der Waals surface area contributed by atoms with Crippen molar-refractivity contribution < 1.29 is 9.90 Å². The molecule has 0 aliphatic carbocycles. The molecule has 0 radical (unpaired) electrons. The van der Waals surface area contributed by atoms with Crippen molar-refractivity contribution in [2.75, 3.05) is 0 Å². The molecular weight excluding hydrogens is 216 g/mol. The largest absolute Gasteiger partial charge is 0.481 e. The Balaban J connectivity index is 2.50. The number of aliphatic carboxylic acids is 1. The van der Waals surface area contributed by atoms with Gasteiger partial charge in [0.1, 0.15) is 0 Å². The molecule has 0 fully saturated rings. The van der Waals surface area contributed by atoms with Crippen molar-refractivity contribution in [2.45, 2.75) is 20.3 Å².